The van der Waals surface area contributed by atoms with E-state index in [9.17, 15) is 9.18 Å². The zero-order valence-corrected chi connectivity index (χ0v) is 20.1. The van der Waals surface area contributed by atoms with Crippen LogP contribution in [0.2, 0.25) is 0 Å². The lowest BCUT2D eigenvalue weighted by Crippen LogP contribution is -2.49. The van der Waals surface area contributed by atoms with Gasteiger partial charge in [0, 0.05) is 31.9 Å². The molecule has 10 heteroatoms. The van der Waals surface area contributed by atoms with Gasteiger partial charge < -0.3 is 10.6 Å². The number of anilines is 3. The highest BCUT2D eigenvalue weighted by molar-refractivity contribution is 7.73. The van der Waals surface area contributed by atoms with E-state index in [0.717, 1.165) is 43.9 Å². The molecule has 1 saturated heterocycles. The van der Waals surface area contributed by atoms with Crippen LogP contribution in [-0.4, -0.2) is 58.2 Å². The van der Waals surface area contributed by atoms with Crippen LogP contribution >= 0.6 is 23.6 Å². The van der Waals surface area contributed by atoms with Crippen LogP contribution in [0.15, 0.2) is 48.5 Å². The van der Waals surface area contributed by atoms with E-state index in [0.29, 0.717) is 28.0 Å². The van der Waals surface area contributed by atoms with Gasteiger partial charge >= 0.3 is 0 Å². The summed E-state index contributed by atoms with van der Waals surface area (Å²) >= 11 is 6.77. The summed E-state index contributed by atoms with van der Waals surface area (Å²) in [4.78, 5) is 16.9. The molecule has 0 aliphatic carbocycles. The van der Waals surface area contributed by atoms with E-state index in [2.05, 4.69) is 32.5 Å². The summed E-state index contributed by atoms with van der Waals surface area (Å²) in [6.45, 7) is 6.23. The van der Waals surface area contributed by atoms with Crippen LogP contribution in [0.3, 0.4) is 0 Å². The van der Waals surface area contributed by atoms with E-state index in [1.165, 1.54) is 17.4 Å². The van der Waals surface area contributed by atoms with Crippen molar-refractivity contribution in [3.63, 3.8) is 0 Å². The minimum Gasteiger partial charge on any atom is -0.328 e. The van der Waals surface area contributed by atoms with E-state index in [1.807, 2.05) is 24.3 Å². The summed E-state index contributed by atoms with van der Waals surface area (Å²) in [5.41, 5.74) is 2.41. The predicted molar refractivity (Wildman–Crippen MR) is 133 cm³/mol. The Kier molecular flexibility index (Phi) is 7.81. The van der Waals surface area contributed by atoms with E-state index in [1.54, 1.807) is 22.9 Å². The number of hydrogen-bond donors (Lipinski definition) is 2. The van der Waals surface area contributed by atoms with Crippen LogP contribution in [0.1, 0.15) is 12.5 Å². The van der Waals surface area contributed by atoms with Gasteiger partial charge in [-0.1, -0.05) is 48.6 Å². The number of piperazine rings is 1. The highest BCUT2D eigenvalue weighted by atomic mass is 32.1. The second kappa shape index (κ2) is 11.0. The fraction of sp³-hybridized carbons (Fsp3) is 0.348. The smallest absolute Gasteiger partial charge is 0.238 e. The van der Waals surface area contributed by atoms with Gasteiger partial charge in [-0.3, -0.25) is 14.6 Å². The zero-order chi connectivity index (χ0) is 23.2. The monoisotopic (exact) mass is 486 g/mol. The average molecular weight is 487 g/mol. The number of para-hydroxylation sites is 2. The van der Waals surface area contributed by atoms with E-state index >= 15 is 0 Å². The van der Waals surface area contributed by atoms with Gasteiger partial charge in [-0.2, -0.15) is 0 Å². The first-order valence-corrected chi connectivity index (χ1v) is 12.2. The number of halogens is 1. The maximum absolute atomic E-state index is 13.9. The van der Waals surface area contributed by atoms with Crippen molar-refractivity contribution in [2.45, 2.75) is 20.0 Å². The third-order valence-electron chi connectivity index (χ3n) is 5.56. The molecule has 1 aliphatic rings. The number of aryl methyl sites for hydroxylation is 1. The molecular formula is C23H27FN6OS2. The Balaban J connectivity index is 1.26. The Morgan fingerprint density at radius 1 is 1.06 bits per heavy atom. The maximum Gasteiger partial charge on any atom is 0.238 e. The van der Waals surface area contributed by atoms with Gasteiger partial charge in [-0.15, -0.1) is 5.10 Å². The Labute approximate surface area is 201 Å². The van der Waals surface area contributed by atoms with Gasteiger partial charge in [0.1, 0.15) is 5.82 Å². The van der Waals surface area contributed by atoms with Crippen LogP contribution in [0.25, 0.3) is 0 Å². The summed E-state index contributed by atoms with van der Waals surface area (Å²) in [5, 5.41) is 11.1. The number of aromatic nitrogens is 2. The molecule has 1 amide bonds. The maximum atomic E-state index is 13.9. The predicted octanol–water partition coefficient (Wildman–Crippen LogP) is 4.33. The summed E-state index contributed by atoms with van der Waals surface area (Å²) in [7, 11) is 0. The molecule has 0 atom stereocenters. The molecule has 1 fully saturated rings. The quantitative estimate of drug-likeness (QED) is 0.462. The van der Waals surface area contributed by atoms with Crippen LogP contribution in [-0.2, 0) is 17.9 Å². The van der Waals surface area contributed by atoms with E-state index in [4.69, 9.17) is 12.2 Å². The summed E-state index contributed by atoms with van der Waals surface area (Å²) < 4.78 is 16.3. The van der Waals surface area contributed by atoms with Crippen LogP contribution in [0.4, 0.5) is 20.9 Å². The molecule has 2 aromatic carbocycles. The van der Waals surface area contributed by atoms with Crippen molar-refractivity contribution < 1.29 is 9.18 Å². The molecule has 0 saturated carbocycles. The van der Waals surface area contributed by atoms with Crippen LogP contribution in [0.5, 0.6) is 0 Å². The number of amides is 1. The van der Waals surface area contributed by atoms with Gasteiger partial charge in [0.25, 0.3) is 0 Å². The standard InChI is InChI=1S/C23H27FN6OS2/c1-2-17-7-3-5-9-19(17)25-21(31)15-28-11-13-29(14-12-28)16-30-23(32)33-22(27-30)26-20-10-6-4-8-18(20)24/h3-10H,2,11-16H2,1H3,(H,25,31)(H,26,27). The van der Waals surface area contributed by atoms with Crippen LogP contribution in [0, 0.1) is 9.77 Å². The lowest BCUT2D eigenvalue weighted by atomic mass is 10.1. The molecule has 0 radical (unpaired) electrons. The molecule has 4 rings (SSSR count). The largest absolute Gasteiger partial charge is 0.328 e. The first-order chi connectivity index (χ1) is 16.0. The van der Waals surface area contributed by atoms with Crippen molar-refractivity contribution in [2.75, 3.05) is 43.4 Å². The van der Waals surface area contributed by atoms with Gasteiger partial charge in [0.2, 0.25) is 11.0 Å². The highest BCUT2D eigenvalue weighted by Gasteiger charge is 2.20. The summed E-state index contributed by atoms with van der Waals surface area (Å²) in [6.07, 6.45) is 0.881. The minimum absolute atomic E-state index is 0.00920. The molecule has 2 heterocycles. The van der Waals surface area contributed by atoms with Crippen LogP contribution < -0.4 is 10.6 Å². The number of benzene rings is 2. The Bertz CT molecular complexity index is 1160. The summed E-state index contributed by atoms with van der Waals surface area (Å²) in [5.74, 6) is -0.321. The Hall–Kier alpha value is -2.66. The fourth-order valence-corrected chi connectivity index (χ4v) is 4.75. The third-order valence-corrected chi connectivity index (χ3v) is 6.78. The van der Waals surface area contributed by atoms with Crippen molar-refractivity contribution in [3.05, 3.63) is 63.9 Å². The molecule has 33 heavy (non-hydrogen) atoms. The average Bonchev–Trinajstić information content (AvgIpc) is 3.15. The van der Waals surface area contributed by atoms with Gasteiger partial charge in [0.15, 0.2) is 3.95 Å². The number of nitrogens with one attached hydrogen (secondary N) is 2. The topological polar surface area (TPSA) is 65.4 Å². The lowest BCUT2D eigenvalue weighted by Gasteiger charge is -2.34. The normalized spacial score (nSPS) is 14.8. The molecule has 7 nitrogen and oxygen atoms in total. The molecular weight excluding hydrogens is 459 g/mol. The number of rotatable bonds is 8. The molecule has 0 spiro atoms. The molecule has 1 aliphatic heterocycles. The number of carbonyl (C=O) groups excluding carboxylic acids is 1. The van der Waals surface area contributed by atoms with Crippen molar-refractivity contribution >= 4 is 46.0 Å². The highest BCUT2D eigenvalue weighted by Crippen LogP contribution is 2.22. The number of carbonyl (C=O) groups is 1. The second-order valence-electron chi connectivity index (χ2n) is 7.87. The molecule has 3 aromatic rings. The Morgan fingerprint density at radius 3 is 2.45 bits per heavy atom. The van der Waals surface area contributed by atoms with E-state index < -0.39 is 0 Å². The van der Waals surface area contributed by atoms with E-state index in [-0.39, 0.29) is 11.7 Å². The third kappa shape index (κ3) is 6.23. The SMILES string of the molecule is CCc1ccccc1NC(=O)CN1CCN(Cn2nc(Nc3ccccc3F)sc2=S)CC1. The molecule has 0 unspecified atom stereocenters. The molecule has 1 aromatic heterocycles. The first-order valence-electron chi connectivity index (χ1n) is 10.9. The minimum atomic E-state index is -0.330. The number of nitrogens with zero attached hydrogens (tertiary/aromatic N) is 4. The number of hydrogen-bond acceptors (Lipinski definition) is 7. The lowest BCUT2D eigenvalue weighted by molar-refractivity contribution is -0.117. The van der Waals surface area contributed by atoms with Gasteiger partial charge in [-0.05, 0) is 42.4 Å². The Morgan fingerprint density at radius 2 is 1.73 bits per heavy atom. The fourth-order valence-electron chi connectivity index (χ4n) is 3.75. The van der Waals surface area contributed by atoms with Gasteiger partial charge in [-0.25, -0.2) is 9.07 Å². The molecule has 0 bridgehead atoms. The van der Waals surface area contributed by atoms with Crippen molar-refractivity contribution in [2.24, 2.45) is 0 Å². The zero-order valence-electron chi connectivity index (χ0n) is 18.5. The van der Waals surface area contributed by atoms with Crippen molar-refractivity contribution in [1.82, 2.24) is 19.6 Å². The second-order valence-corrected chi connectivity index (χ2v) is 9.49. The first kappa shape index (κ1) is 23.5. The molecule has 174 valence electrons. The molecule has 2 N–H and O–H groups in total. The summed E-state index contributed by atoms with van der Waals surface area (Å²) in [6, 6.07) is 14.4. The van der Waals surface area contributed by atoms with Crippen molar-refractivity contribution in [3.8, 4) is 0 Å². The van der Waals surface area contributed by atoms with Crippen molar-refractivity contribution in [1.29, 1.82) is 0 Å². The van der Waals surface area contributed by atoms with Gasteiger partial charge in [0.05, 0.1) is 18.9 Å².